The Balaban J connectivity index is 2.30. The maximum atomic E-state index is 11.6. The quantitative estimate of drug-likeness (QED) is 0.782. The molecule has 0 unspecified atom stereocenters. The molecule has 0 radical (unpaired) electrons. The molecule has 1 rings (SSSR count). The summed E-state index contributed by atoms with van der Waals surface area (Å²) in [4.78, 5) is 34.4. The van der Waals surface area contributed by atoms with Crippen LogP contribution in [0.25, 0.3) is 0 Å². The average molecular weight is 327 g/mol. The first-order valence-electron chi connectivity index (χ1n) is 6.85. The van der Waals surface area contributed by atoms with Crippen LogP contribution in [-0.2, 0) is 20.7 Å². The van der Waals surface area contributed by atoms with Crippen LogP contribution >= 0.6 is 11.6 Å². The summed E-state index contributed by atoms with van der Waals surface area (Å²) in [5, 5.41) is 5.05. The molecule has 0 aromatic heterocycles. The second-order valence-corrected chi connectivity index (χ2v) is 5.49. The van der Waals surface area contributed by atoms with Crippen molar-refractivity contribution in [2.24, 2.45) is 5.92 Å². The van der Waals surface area contributed by atoms with Gasteiger partial charge in [0.1, 0.15) is 0 Å². The number of hydrogen-bond acceptors (Lipinski definition) is 4. The Labute approximate surface area is 134 Å². The van der Waals surface area contributed by atoms with Gasteiger partial charge < -0.3 is 10.1 Å². The number of esters is 1. The summed E-state index contributed by atoms with van der Waals surface area (Å²) in [6, 6.07) is 6.25. The Morgan fingerprint density at radius 1 is 1.23 bits per heavy atom. The standard InChI is InChI=1S/C15H19ClN2O4/c1-10(2)8-17-15(21)18-13(19)9-22-14(20)7-11-5-3-4-6-12(11)16/h3-6,10H,7-9H2,1-2H3,(H2,17,18,19,21). The summed E-state index contributed by atoms with van der Waals surface area (Å²) in [6.07, 6.45) is -0.0352. The van der Waals surface area contributed by atoms with Crippen LogP contribution < -0.4 is 10.6 Å². The third-order valence-electron chi connectivity index (χ3n) is 2.58. The van der Waals surface area contributed by atoms with Gasteiger partial charge in [0.05, 0.1) is 6.42 Å². The molecule has 1 aromatic carbocycles. The third-order valence-corrected chi connectivity index (χ3v) is 2.95. The molecule has 6 nitrogen and oxygen atoms in total. The van der Waals surface area contributed by atoms with Crippen molar-refractivity contribution in [1.29, 1.82) is 0 Å². The molecule has 0 aliphatic carbocycles. The summed E-state index contributed by atoms with van der Waals surface area (Å²) in [7, 11) is 0. The van der Waals surface area contributed by atoms with Gasteiger partial charge in [-0.05, 0) is 17.5 Å². The lowest BCUT2D eigenvalue weighted by atomic mass is 10.1. The van der Waals surface area contributed by atoms with E-state index in [9.17, 15) is 14.4 Å². The Morgan fingerprint density at radius 3 is 2.55 bits per heavy atom. The molecule has 0 heterocycles. The summed E-state index contributed by atoms with van der Waals surface area (Å²) in [5.41, 5.74) is 0.615. The van der Waals surface area contributed by atoms with Crippen molar-refractivity contribution in [3.05, 3.63) is 34.9 Å². The molecule has 120 valence electrons. The van der Waals surface area contributed by atoms with E-state index in [-0.39, 0.29) is 12.3 Å². The van der Waals surface area contributed by atoms with Crippen LogP contribution in [0.4, 0.5) is 4.79 Å². The molecule has 3 amide bonds. The predicted molar refractivity (Wildman–Crippen MR) is 82.5 cm³/mol. The van der Waals surface area contributed by atoms with Crippen LogP contribution in [0.15, 0.2) is 24.3 Å². The second-order valence-electron chi connectivity index (χ2n) is 5.08. The second kappa shape index (κ2) is 9.04. The SMILES string of the molecule is CC(C)CNC(=O)NC(=O)COC(=O)Cc1ccccc1Cl. The minimum absolute atomic E-state index is 0.0352. The lowest BCUT2D eigenvalue weighted by molar-refractivity contribution is -0.147. The molecular weight excluding hydrogens is 308 g/mol. The Morgan fingerprint density at radius 2 is 1.91 bits per heavy atom. The van der Waals surface area contributed by atoms with E-state index in [1.165, 1.54) is 0 Å². The molecule has 7 heteroatoms. The Kier molecular flexibility index (Phi) is 7.39. The maximum Gasteiger partial charge on any atom is 0.321 e. The fraction of sp³-hybridized carbons (Fsp3) is 0.400. The molecule has 2 N–H and O–H groups in total. The molecule has 0 fully saturated rings. The first-order chi connectivity index (χ1) is 10.4. The number of halogens is 1. The van der Waals surface area contributed by atoms with Crippen molar-refractivity contribution in [3.63, 3.8) is 0 Å². The van der Waals surface area contributed by atoms with E-state index in [0.29, 0.717) is 17.1 Å². The van der Waals surface area contributed by atoms with E-state index in [0.717, 1.165) is 0 Å². The maximum absolute atomic E-state index is 11.6. The minimum Gasteiger partial charge on any atom is -0.455 e. The molecule has 0 bridgehead atoms. The highest BCUT2D eigenvalue weighted by Crippen LogP contribution is 2.15. The van der Waals surface area contributed by atoms with Crippen LogP contribution in [0.1, 0.15) is 19.4 Å². The van der Waals surface area contributed by atoms with Gasteiger partial charge in [0.2, 0.25) is 0 Å². The molecule has 1 aromatic rings. The molecule has 0 saturated carbocycles. The van der Waals surface area contributed by atoms with Crippen LogP contribution in [0.3, 0.4) is 0 Å². The molecule has 22 heavy (non-hydrogen) atoms. The van der Waals surface area contributed by atoms with Crippen LogP contribution in [0.2, 0.25) is 5.02 Å². The van der Waals surface area contributed by atoms with Gasteiger partial charge in [-0.2, -0.15) is 0 Å². The summed E-state index contributed by atoms with van der Waals surface area (Å²) < 4.78 is 4.80. The van der Waals surface area contributed by atoms with Crippen LogP contribution in [0, 0.1) is 5.92 Å². The van der Waals surface area contributed by atoms with Gasteiger partial charge in [-0.1, -0.05) is 43.6 Å². The van der Waals surface area contributed by atoms with Gasteiger partial charge in [-0.15, -0.1) is 0 Å². The monoisotopic (exact) mass is 326 g/mol. The van der Waals surface area contributed by atoms with Gasteiger partial charge in [0.25, 0.3) is 5.91 Å². The zero-order valence-electron chi connectivity index (χ0n) is 12.5. The van der Waals surface area contributed by atoms with E-state index >= 15 is 0 Å². The number of carbonyl (C=O) groups is 3. The predicted octanol–water partition coefficient (Wildman–Crippen LogP) is 1.91. The topological polar surface area (TPSA) is 84.5 Å². The van der Waals surface area contributed by atoms with Gasteiger partial charge in [-0.3, -0.25) is 14.9 Å². The molecule has 0 atom stereocenters. The number of rotatable bonds is 6. The van der Waals surface area contributed by atoms with E-state index in [1.807, 2.05) is 13.8 Å². The number of ether oxygens (including phenoxy) is 1. The number of carbonyl (C=O) groups excluding carboxylic acids is 3. The molecule has 0 spiro atoms. The third kappa shape index (κ3) is 7.08. The van der Waals surface area contributed by atoms with E-state index in [1.54, 1.807) is 24.3 Å². The Bertz CT molecular complexity index is 546. The molecule has 0 aliphatic heterocycles. The summed E-state index contributed by atoms with van der Waals surface area (Å²) >= 11 is 5.92. The molecular formula is C15H19ClN2O4. The smallest absolute Gasteiger partial charge is 0.321 e. The van der Waals surface area contributed by atoms with E-state index in [2.05, 4.69) is 10.6 Å². The lowest BCUT2D eigenvalue weighted by Gasteiger charge is -2.09. The number of benzene rings is 1. The first kappa shape index (κ1) is 18.0. The number of imide groups is 1. The zero-order chi connectivity index (χ0) is 16.5. The fourth-order valence-corrected chi connectivity index (χ4v) is 1.70. The van der Waals surface area contributed by atoms with Gasteiger partial charge in [-0.25, -0.2) is 4.79 Å². The van der Waals surface area contributed by atoms with Crippen molar-refractivity contribution < 1.29 is 19.1 Å². The molecule has 0 aliphatic rings. The normalized spacial score (nSPS) is 10.2. The van der Waals surface area contributed by atoms with Gasteiger partial charge in [0.15, 0.2) is 6.61 Å². The van der Waals surface area contributed by atoms with Crippen LogP contribution in [0.5, 0.6) is 0 Å². The van der Waals surface area contributed by atoms with Gasteiger partial charge >= 0.3 is 12.0 Å². The highest BCUT2D eigenvalue weighted by atomic mass is 35.5. The highest BCUT2D eigenvalue weighted by molar-refractivity contribution is 6.31. The zero-order valence-corrected chi connectivity index (χ0v) is 13.3. The van der Waals surface area contributed by atoms with Gasteiger partial charge in [0, 0.05) is 11.6 Å². The number of amides is 3. The van der Waals surface area contributed by atoms with Crippen molar-refractivity contribution in [2.75, 3.05) is 13.2 Å². The fourth-order valence-electron chi connectivity index (χ4n) is 1.50. The number of nitrogens with one attached hydrogen (secondary N) is 2. The van der Waals surface area contributed by atoms with E-state index in [4.69, 9.17) is 16.3 Å². The van der Waals surface area contributed by atoms with Crippen molar-refractivity contribution in [2.45, 2.75) is 20.3 Å². The number of hydrogen-bond donors (Lipinski definition) is 2. The highest BCUT2D eigenvalue weighted by Gasteiger charge is 2.12. The minimum atomic E-state index is -0.686. The number of urea groups is 1. The lowest BCUT2D eigenvalue weighted by Crippen LogP contribution is -2.42. The largest absolute Gasteiger partial charge is 0.455 e. The first-order valence-corrected chi connectivity index (χ1v) is 7.23. The van der Waals surface area contributed by atoms with E-state index < -0.39 is 24.5 Å². The van der Waals surface area contributed by atoms with Crippen molar-refractivity contribution >= 4 is 29.5 Å². The Hall–Kier alpha value is -2.08. The summed E-state index contributed by atoms with van der Waals surface area (Å²) in [5.74, 6) is -1.01. The van der Waals surface area contributed by atoms with Crippen molar-refractivity contribution in [3.8, 4) is 0 Å². The summed E-state index contributed by atoms with van der Waals surface area (Å²) in [6.45, 7) is 3.79. The average Bonchev–Trinajstić information content (AvgIpc) is 2.45. The van der Waals surface area contributed by atoms with Crippen LogP contribution in [-0.4, -0.2) is 31.1 Å². The van der Waals surface area contributed by atoms with Crippen molar-refractivity contribution in [1.82, 2.24) is 10.6 Å². The molecule has 0 saturated heterocycles.